The minimum Gasteiger partial charge on any atom is -0.145 e. The molecular formula is C19H20S2. The first kappa shape index (κ1) is 14.6. The van der Waals surface area contributed by atoms with E-state index in [9.17, 15) is 0 Å². The van der Waals surface area contributed by atoms with Gasteiger partial charge in [-0.25, -0.2) is 0 Å². The third kappa shape index (κ3) is 3.63. The highest BCUT2D eigenvalue weighted by molar-refractivity contribution is 7.13. The zero-order valence-corrected chi connectivity index (χ0v) is 14.1. The van der Waals surface area contributed by atoms with E-state index in [4.69, 9.17) is 0 Å². The van der Waals surface area contributed by atoms with Crippen LogP contribution in [0.3, 0.4) is 0 Å². The van der Waals surface area contributed by atoms with Crippen molar-refractivity contribution in [3.05, 3.63) is 79.7 Å². The summed E-state index contributed by atoms with van der Waals surface area (Å²) in [5.74, 6) is 0.544. The van der Waals surface area contributed by atoms with E-state index >= 15 is 0 Å². The second-order valence-electron chi connectivity index (χ2n) is 5.47. The number of thiophene rings is 2. The molecule has 0 saturated heterocycles. The van der Waals surface area contributed by atoms with Gasteiger partial charge in [0.25, 0.3) is 0 Å². The maximum atomic E-state index is 2.31. The minimum absolute atomic E-state index is 0.544. The lowest BCUT2D eigenvalue weighted by Crippen LogP contribution is -1.99. The molecule has 2 heteroatoms. The van der Waals surface area contributed by atoms with Crippen LogP contribution in [0.2, 0.25) is 0 Å². The first-order chi connectivity index (χ1) is 10.2. The van der Waals surface area contributed by atoms with Crippen LogP contribution in [0.1, 0.15) is 37.4 Å². The van der Waals surface area contributed by atoms with Crippen LogP contribution in [-0.4, -0.2) is 0 Å². The largest absolute Gasteiger partial charge is 0.145 e. The van der Waals surface area contributed by atoms with E-state index < -0.39 is 0 Å². The Morgan fingerprint density at radius 3 is 1.81 bits per heavy atom. The van der Waals surface area contributed by atoms with Crippen LogP contribution in [0.4, 0.5) is 0 Å². The molecule has 3 rings (SSSR count). The van der Waals surface area contributed by atoms with Gasteiger partial charge in [-0.15, -0.1) is 22.7 Å². The van der Waals surface area contributed by atoms with Crippen LogP contribution in [0.15, 0.2) is 54.6 Å². The van der Waals surface area contributed by atoms with Gasteiger partial charge in [-0.1, -0.05) is 30.3 Å². The monoisotopic (exact) mass is 312 g/mol. The summed E-state index contributed by atoms with van der Waals surface area (Å²) in [5, 5.41) is 0. The Hall–Kier alpha value is -1.38. The number of benzene rings is 1. The summed E-state index contributed by atoms with van der Waals surface area (Å²) in [6.45, 7) is 4.39. The summed E-state index contributed by atoms with van der Waals surface area (Å²) in [7, 11) is 0. The summed E-state index contributed by atoms with van der Waals surface area (Å²) >= 11 is 3.88. The van der Waals surface area contributed by atoms with Gasteiger partial charge in [0, 0.05) is 25.4 Å². The fraction of sp³-hybridized carbons (Fsp3) is 0.263. The Kier molecular flexibility index (Phi) is 4.57. The maximum absolute atomic E-state index is 2.31. The van der Waals surface area contributed by atoms with Crippen molar-refractivity contribution in [2.75, 3.05) is 0 Å². The van der Waals surface area contributed by atoms with Gasteiger partial charge in [-0.2, -0.15) is 0 Å². The molecule has 0 saturated carbocycles. The van der Waals surface area contributed by atoms with E-state index in [-0.39, 0.29) is 0 Å². The maximum Gasteiger partial charge on any atom is 0.0281 e. The van der Waals surface area contributed by atoms with Crippen LogP contribution in [0, 0.1) is 13.8 Å². The Balaban J connectivity index is 1.82. The van der Waals surface area contributed by atoms with Gasteiger partial charge in [0.15, 0.2) is 0 Å². The second kappa shape index (κ2) is 6.59. The zero-order valence-electron chi connectivity index (χ0n) is 12.5. The Bertz CT molecular complexity index is 651. The Morgan fingerprint density at radius 1 is 0.762 bits per heavy atom. The van der Waals surface area contributed by atoms with E-state index in [1.165, 1.54) is 31.5 Å². The smallest absolute Gasteiger partial charge is 0.0281 e. The highest BCUT2D eigenvalue weighted by atomic mass is 32.1. The van der Waals surface area contributed by atoms with Crippen molar-refractivity contribution in [3.63, 3.8) is 0 Å². The molecule has 108 valence electrons. The molecule has 0 spiro atoms. The van der Waals surface area contributed by atoms with Crippen LogP contribution in [0.5, 0.6) is 0 Å². The molecule has 2 heterocycles. The van der Waals surface area contributed by atoms with Gasteiger partial charge in [-0.3, -0.25) is 0 Å². The lowest BCUT2D eigenvalue weighted by molar-refractivity contribution is 0.737. The predicted molar refractivity (Wildman–Crippen MR) is 94.7 cm³/mol. The molecule has 0 amide bonds. The summed E-state index contributed by atoms with van der Waals surface area (Å²) in [6, 6.07) is 19.9. The molecule has 1 aromatic carbocycles. The number of hydrogen-bond donors (Lipinski definition) is 0. The van der Waals surface area contributed by atoms with Crippen molar-refractivity contribution in [2.24, 2.45) is 0 Å². The van der Waals surface area contributed by atoms with Crippen molar-refractivity contribution in [2.45, 2.75) is 32.6 Å². The van der Waals surface area contributed by atoms with Crippen molar-refractivity contribution < 1.29 is 0 Å². The SMILES string of the molecule is Cc1ccc(C(CCc2ccccc2)c2ccc(C)s2)s1. The van der Waals surface area contributed by atoms with Gasteiger partial charge < -0.3 is 0 Å². The molecule has 21 heavy (non-hydrogen) atoms. The first-order valence-corrected chi connectivity index (χ1v) is 9.02. The minimum atomic E-state index is 0.544. The molecule has 0 aliphatic rings. The fourth-order valence-corrected chi connectivity index (χ4v) is 4.80. The molecule has 2 aromatic heterocycles. The van der Waals surface area contributed by atoms with E-state index in [0.717, 1.165) is 6.42 Å². The first-order valence-electron chi connectivity index (χ1n) is 7.39. The molecule has 0 unspecified atom stereocenters. The molecule has 0 atom stereocenters. The molecule has 0 aliphatic carbocycles. The Labute approximate surface area is 135 Å². The predicted octanol–water partition coefficient (Wildman–Crippen LogP) is 6.19. The number of hydrogen-bond acceptors (Lipinski definition) is 2. The summed E-state index contributed by atoms with van der Waals surface area (Å²) in [5.41, 5.74) is 1.43. The highest BCUT2D eigenvalue weighted by Gasteiger charge is 2.17. The van der Waals surface area contributed by atoms with Crippen LogP contribution in [-0.2, 0) is 6.42 Å². The molecule has 0 nitrogen and oxygen atoms in total. The van der Waals surface area contributed by atoms with Crippen molar-refractivity contribution in [3.8, 4) is 0 Å². The quantitative estimate of drug-likeness (QED) is 0.527. The normalized spacial score (nSPS) is 11.2. The van der Waals surface area contributed by atoms with E-state index in [2.05, 4.69) is 68.4 Å². The summed E-state index contributed by atoms with van der Waals surface area (Å²) < 4.78 is 0. The standard InChI is InChI=1S/C19H20S2/c1-14-8-12-18(20-14)17(19-13-9-15(2)21-19)11-10-16-6-4-3-5-7-16/h3-9,12-13,17H,10-11H2,1-2H3. The number of rotatable bonds is 5. The van der Waals surface area contributed by atoms with Crippen molar-refractivity contribution in [1.29, 1.82) is 0 Å². The van der Waals surface area contributed by atoms with Gasteiger partial charge in [0.1, 0.15) is 0 Å². The third-order valence-electron chi connectivity index (χ3n) is 3.77. The van der Waals surface area contributed by atoms with E-state index in [1.807, 2.05) is 22.7 Å². The average Bonchev–Trinajstić information content (AvgIpc) is 3.10. The fourth-order valence-electron chi connectivity index (χ4n) is 2.66. The van der Waals surface area contributed by atoms with Crippen molar-refractivity contribution >= 4 is 22.7 Å². The molecule has 0 fully saturated rings. The van der Waals surface area contributed by atoms with Crippen LogP contribution >= 0.6 is 22.7 Å². The van der Waals surface area contributed by atoms with Gasteiger partial charge in [0.05, 0.1) is 0 Å². The number of aryl methyl sites for hydroxylation is 3. The molecule has 3 aromatic rings. The summed E-state index contributed by atoms with van der Waals surface area (Å²) in [4.78, 5) is 5.82. The van der Waals surface area contributed by atoms with E-state index in [0.29, 0.717) is 5.92 Å². The Morgan fingerprint density at radius 2 is 1.33 bits per heavy atom. The zero-order chi connectivity index (χ0) is 14.7. The van der Waals surface area contributed by atoms with Crippen LogP contribution in [0.25, 0.3) is 0 Å². The van der Waals surface area contributed by atoms with E-state index in [1.54, 1.807) is 0 Å². The van der Waals surface area contributed by atoms with Crippen LogP contribution < -0.4 is 0 Å². The topological polar surface area (TPSA) is 0 Å². The average molecular weight is 313 g/mol. The third-order valence-corrected chi connectivity index (χ3v) is 6.00. The molecule has 0 N–H and O–H groups in total. The molecular weight excluding hydrogens is 292 g/mol. The summed E-state index contributed by atoms with van der Waals surface area (Å²) in [6.07, 6.45) is 2.32. The lowest BCUT2D eigenvalue weighted by atomic mass is 9.96. The highest BCUT2D eigenvalue weighted by Crippen LogP contribution is 2.37. The lowest BCUT2D eigenvalue weighted by Gasteiger charge is -2.14. The molecule has 0 aliphatic heterocycles. The molecule has 0 radical (unpaired) electrons. The van der Waals surface area contributed by atoms with Gasteiger partial charge >= 0.3 is 0 Å². The van der Waals surface area contributed by atoms with Gasteiger partial charge in [-0.05, 0) is 56.5 Å². The van der Waals surface area contributed by atoms with Crippen molar-refractivity contribution in [1.82, 2.24) is 0 Å². The molecule has 0 bridgehead atoms. The second-order valence-corrected chi connectivity index (χ2v) is 8.11. The van der Waals surface area contributed by atoms with Gasteiger partial charge in [0.2, 0.25) is 0 Å².